The number of methoxy groups -OCH3 is 1. The summed E-state index contributed by atoms with van der Waals surface area (Å²) in [6.45, 7) is 2.96. The summed E-state index contributed by atoms with van der Waals surface area (Å²) in [5.74, 6) is -0.167. The van der Waals surface area contributed by atoms with E-state index in [9.17, 15) is 4.79 Å². The van der Waals surface area contributed by atoms with Crippen molar-refractivity contribution in [3.8, 4) is 0 Å². The van der Waals surface area contributed by atoms with Crippen LogP contribution in [0, 0.1) is 0 Å². The van der Waals surface area contributed by atoms with Crippen molar-refractivity contribution in [3.63, 3.8) is 0 Å². The first-order valence-electron chi connectivity index (χ1n) is 4.54. The van der Waals surface area contributed by atoms with E-state index in [1.54, 1.807) is 7.11 Å². The molecular formula is C9H16O4. The van der Waals surface area contributed by atoms with Crippen LogP contribution < -0.4 is 0 Å². The Bertz CT molecular complexity index is 169. The number of hydrogen-bond acceptors (Lipinski definition) is 4. The molecule has 13 heavy (non-hydrogen) atoms. The van der Waals surface area contributed by atoms with E-state index in [-0.39, 0.29) is 18.2 Å². The Morgan fingerprint density at radius 1 is 1.54 bits per heavy atom. The lowest BCUT2D eigenvalue weighted by Gasteiger charge is -2.01. The van der Waals surface area contributed by atoms with Gasteiger partial charge in [0.2, 0.25) is 0 Å². The third-order valence-electron chi connectivity index (χ3n) is 1.97. The zero-order valence-electron chi connectivity index (χ0n) is 8.12. The molecule has 0 spiro atoms. The average molecular weight is 188 g/mol. The first-order valence-corrected chi connectivity index (χ1v) is 4.54. The topological polar surface area (TPSA) is 48.1 Å². The molecule has 4 heteroatoms. The Kier molecular flexibility index (Phi) is 4.18. The third kappa shape index (κ3) is 4.24. The summed E-state index contributed by atoms with van der Waals surface area (Å²) in [4.78, 5) is 11.0. The van der Waals surface area contributed by atoms with E-state index in [0.29, 0.717) is 19.6 Å². The molecule has 1 saturated heterocycles. The molecule has 1 aliphatic rings. The quantitative estimate of drug-likeness (QED) is 0.350. The Labute approximate surface area is 78.2 Å². The second kappa shape index (κ2) is 5.19. The molecule has 2 unspecified atom stereocenters. The molecule has 1 fully saturated rings. The predicted molar refractivity (Wildman–Crippen MR) is 46.4 cm³/mol. The maximum atomic E-state index is 11.0. The molecule has 0 bridgehead atoms. The van der Waals surface area contributed by atoms with Crippen LogP contribution in [0.15, 0.2) is 0 Å². The van der Waals surface area contributed by atoms with Gasteiger partial charge in [0.05, 0.1) is 6.10 Å². The second-order valence-corrected chi connectivity index (χ2v) is 3.16. The molecule has 4 nitrogen and oxygen atoms in total. The Balaban J connectivity index is 1.92. The SMILES string of the molecule is COCCCC(=O)OCC1OC1C. The maximum Gasteiger partial charge on any atom is 0.305 e. The number of ether oxygens (including phenoxy) is 3. The normalized spacial score (nSPS) is 25.7. The van der Waals surface area contributed by atoms with Crippen molar-refractivity contribution in [2.24, 2.45) is 0 Å². The minimum Gasteiger partial charge on any atom is -0.463 e. The molecule has 0 saturated carbocycles. The van der Waals surface area contributed by atoms with E-state index in [1.165, 1.54) is 0 Å². The van der Waals surface area contributed by atoms with Gasteiger partial charge in [-0.15, -0.1) is 0 Å². The molecule has 0 aromatic heterocycles. The van der Waals surface area contributed by atoms with Crippen molar-refractivity contribution in [1.29, 1.82) is 0 Å². The van der Waals surface area contributed by atoms with Crippen molar-refractivity contribution >= 4 is 5.97 Å². The monoisotopic (exact) mass is 188 g/mol. The van der Waals surface area contributed by atoms with Gasteiger partial charge in [0.15, 0.2) is 0 Å². The Morgan fingerprint density at radius 2 is 2.23 bits per heavy atom. The van der Waals surface area contributed by atoms with Crippen LogP contribution in [-0.2, 0) is 19.0 Å². The van der Waals surface area contributed by atoms with Gasteiger partial charge in [-0.3, -0.25) is 4.79 Å². The van der Waals surface area contributed by atoms with Gasteiger partial charge in [-0.1, -0.05) is 0 Å². The van der Waals surface area contributed by atoms with Crippen molar-refractivity contribution in [2.75, 3.05) is 20.3 Å². The van der Waals surface area contributed by atoms with Crippen molar-refractivity contribution in [2.45, 2.75) is 32.0 Å². The molecule has 0 aromatic rings. The lowest BCUT2D eigenvalue weighted by atomic mass is 10.3. The summed E-state index contributed by atoms with van der Waals surface area (Å²) in [7, 11) is 1.62. The largest absolute Gasteiger partial charge is 0.463 e. The second-order valence-electron chi connectivity index (χ2n) is 3.16. The minimum atomic E-state index is -0.167. The first-order chi connectivity index (χ1) is 6.24. The smallest absolute Gasteiger partial charge is 0.305 e. The van der Waals surface area contributed by atoms with Crippen molar-refractivity contribution in [3.05, 3.63) is 0 Å². The number of carbonyl (C=O) groups is 1. The molecule has 0 aliphatic carbocycles. The highest BCUT2D eigenvalue weighted by atomic mass is 16.6. The molecule has 0 aromatic carbocycles. The van der Waals surface area contributed by atoms with Gasteiger partial charge >= 0.3 is 5.97 Å². The van der Waals surface area contributed by atoms with E-state index in [1.807, 2.05) is 6.92 Å². The summed E-state index contributed by atoms with van der Waals surface area (Å²) in [5.41, 5.74) is 0. The van der Waals surface area contributed by atoms with E-state index in [4.69, 9.17) is 14.2 Å². The summed E-state index contributed by atoms with van der Waals surface area (Å²) in [6, 6.07) is 0. The average Bonchev–Trinajstić information content (AvgIpc) is 2.79. The highest BCUT2D eigenvalue weighted by molar-refractivity contribution is 5.69. The number of hydrogen-bond donors (Lipinski definition) is 0. The Morgan fingerprint density at radius 3 is 2.77 bits per heavy atom. The van der Waals surface area contributed by atoms with Gasteiger partial charge in [0, 0.05) is 20.1 Å². The number of rotatable bonds is 6. The third-order valence-corrected chi connectivity index (χ3v) is 1.97. The number of epoxide rings is 1. The van der Waals surface area contributed by atoms with Gasteiger partial charge in [0.25, 0.3) is 0 Å². The zero-order chi connectivity index (χ0) is 9.68. The van der Waals surface area contributed by atoms with E-state index >= 15 is 0 Å². The summed E-state index contributed by atoms with van der Waals surface area (Å²) in [5, 5.41) is 0. The van der Waals surface area contributed by atoms with E-state index in [2.05, 4.69) is 0 Å². The minimum absolute atomic E-state index is 0.131. The van der Waals surface area contributed by atoms with Gasteiger partial charge in [0.1, 0.15) is 12.7 Å². The van der Waals surface area contributed by atoms with Gasteiger partial charge in [-0.05, 0) is 13.3 Å². The fourth-order valence-electron chi connectivity index (χ4n) is 1.01. The van der Waals surface area contributed by atoms with Crippen molar-refractivity contribution in [1.82, 2.24) is 0 Å². The zero-order valence-corrected chi connectivity index (χ0v) is 8.12. The van der Waals surface area contributed by atoms with E-state index in [0.717, 1.165) is 6.42 Å². The first kappa shape index (κ1) is 10.5. The van der Waals surface area contributed by atoms with Crippen LogP contribution in [0.5, 0.6) is 0 Å². The van der Waals surface area contributed by atoms with Gasteiger partial charge in [-0.25, -0.2) is 0 Å². The molecule has 1 aliphatic heterocycles. The van der Waals surface area contributed by atoms with Crippen LogP contribution in [0.4, 0.5) is 0 Å². The summed E-state index contributed by atoms with van der Waals surface area (Å²) in [6.07, 6.45) is 1.53. The van der Waals surface area contributed by atoms with Crippen LogP contribution in [-0.4, -0.2) is 38.5 Å². The molecule has 0 N–H and O–H groups in total. The molecule has 0 radical (unpaired) electrons. The Hall–Kier alpha value is -0.610. The van der Waals surface area contributed by atoms with Crippen molar-refractivity contribution < 1.29 is 19.0 Å². The molecule has 1 rings (SSSR count). The maximum absolute atomic E-state index is 11.0. The van der Waals surface area contributed by atoms with Crippen LogP contribution in [0.1, 0.15) is 19.8 Å². The molecule has 0 amide bonds. The standard InChI is InChI=1S/C9H16O4/c1-7-8(13-7)6-12-9(10)4-3-5-11-2/h7-8H,3-6H2,1-2H3. The lowest BCUT2D eigenvalue weighted by Crippen LogP contribution is -2.11. The predicted octanol–water partition coefficient (Wildman–Crippen LogP) is 0.744. The van der Waals surface area contributed by atoms with Crippen LogP contribution in [0.25, 0.3) is 0 Å². The van der Waals surface area contributed by atoms with E-state index < -0.39 is 0 Å². The van der Waals surface area contributed by atoms with Crippen LogP contribution >= 0.6 is 0 Å². The summed E-state index contributed by atoms with van der Waals surface area (Å²) < 4.78 is 14.9. The lowest BCUT2D eigenvalue weighted by molar-refractivity contribution is -0.144. The molecular weight excluding hydrogens is 172 g/mol. The highest BCUT2D eigenvalue weighted by Crippen LogP contribution is 2.20. The highest BCUT2D eigenvalue weighted by Gasteiger charge is 2.35. The van der Waals surface area contributed by atoms with Gasteiger partial charge < -0.3 is 14.2 Å². The fourth-order valence-corrected chi connectivity index (χ4v) is 1.01. The van der Waals surface area contributed by atoms with Crippen LogP contribution in [0.3, 0.4) is 0 Å². The van der Waals surface area contributed by atoms with Crippen LogP contribution in [0.2, 0.25) is 0 Å². The molecule has 2 atom stereocenters. The molecule has 1 heterocycles. The number of carbonyl (C=O) groups excluding carboxylic acids is 1. The van der Waals surface area contributed by atoms with Gasteiger partial charge in [-0.2, -0.15) is 0 Å². The number of esters is 1. The summed E-state index contributed by atoms with van der Waals surface area (Å²) >= 11 is 0. The molecule has 76 valence electrons. The fraction of sp³-hybridized carbons (Fsp3) is 0.889.